The van der Waals surface area contributed by atoms with Gasteiger partial charge in [0.25, 0.3) is 10.0 Å². The van der Waals surface area contributed by atoms with Gasteiger partial charge in [0.05, 0.1) is 4.90 Å². The van der Waals surface area contributed by atoms with Crippen LogP contribution in [0.25, 0.3) is 0 Å². The maximum Gasteiger partial charge on any atom is 0.276 e. The van der Waals surface area contributed by atoms with E-state index < -0.39 is 10.0 Å². The SMILES string of the molecule is CC(C)=NNS(=O)(=O)c1ccc(N)cc1. The molecule has 0 heterocycles. The number of sulfonamides is 1. The molecule has 0 radical (unpaired) electrons. The molecule has 0 aliphatic heterocycles. The van der Waals surface area contributed by atoms with E-state index in [1.165, 1.54) is 24.3 Å². The molecule has 5 nitrogen and oxygen atoms in total. The zero-order valence-corrected chi connectivity index (χ0v) is 9.38. The number of benzene rings is 1. The highest BCUT2D eigenvalue weighted by molar-refractivity contribution is 7.89. The van der Waals surface area contributed by atoms with Crippen LogP contribution in [0.1, 0.15) is 13.8 Å². The van der Waals surface area contributed by atoms with Gasteiger partial charge in [0.1, 0.15) is 0 Å². The molecule has 82 valence electrons. The molecule has 0 saturated carbocycles. The largest absolute Gasteiger partial charge is 0.399 e. The lowest BCUT2D eigenvalue weighted by Crippen LogP contribution is -2.19. The smallest absolute Gasteiger partial charge is 0.276 e. The topological polar surface area (TPSA) is 84.5 Å². The number of nitrogen functional groups attached to an aromatic ring is 1. The van der Waals surface area contributed by atoms with Crippen molar-refractivity contribution >= 4 is 21.4 Å². The average molecular weight is 227 g/mol. The lowest BCUT2D eigenvalue weighted by molar-refractivity contribution is 0.584. The first-order valence-corrected chi connectivity index (χ1v) is 5.78. The zero-order valence-electron chi connectivity index (χ0n) is 8.56. The van der Waals surface area contributed by atoms with Crippen LogP contribution in [0.4, 0.5) is 5.69 Å². The van der Waals surface area contributed by atoms with Gasteiger partial charge < -0.3 is 5.73 Å². The monoisotopic (exact) mass is 227 g/mol. The van der Waals surface area contributed by atoms with Gasteiger partial charge in [-0.15, -0.1) is 0 Å². The molecule has 0 aromatic heterocycles. The number of nitrogens with one attached hydrogen (secondary N) is 1. The molecule has 1 rings (SSSR count). The summed E-state index contributed by atoms with van der Waals surface area (Å²) in [6.07, 6.45) is 0. The minimum Gasteiger partial charge on any atom is -0.399 e. The van der Waals surface area contributed by atoms with Gasteiger partial charge in [-0.3, -0.25) is 0 Å². The summed E-state index contributed by atoms with van der Waals surface area (Å²) in [5.41, 5.74) is 6.60. The third-order valence-corrected chi connectivity index (χ3v) is 2.80. The molecule has 15 heavy (non-hydrogen) atoms. The third-order valence-electron chi connectivity index (χ3n) is 1.58. The van der Waals surface area contributed by atoms with Gasteiger partial charge in [0.15, 0.2) is 0 Å². The average Bonchev–Trinajstić information content (AvgIpc) is 2.16. The fraction of sp³-hybridized carbons (Fsp3) is 0.222. The number of hydrogen-bond donors (Lipinski definition) is 2. The molecule has 0 unspecified atom stereocenters. The standard InChI is InChI=1S/C9H13N3O2S/c1-7(2)11-12-15(13,14)9-5-3-8(10)4-6-9/h3-6,12H,10H2,1-2H3. The molecule has 0 aliphatic rings. The summed E-state index contributed by atoms with van der Waals surface area (Å²) in [7, 11) is -3.57. The summed E-state index contributed by atoms with van der Waals surface area (Å²) in [5, 5.41) is 3.64. The second kappa shape index (κ2) is 4.31. The van der Waals surface area contributed by atoms with Crippen molar-refractivity contribution in [3.8, 4) is 0 Å². The van der Waals surface area contributed by atoms with E-state index in [9.17, 15) is 8.42 Å². The van der Waals surface area contributed by atoms with E-state index in [1.54, 1.807) is 13.8 Å². The fourth-order valence-corrected chi connectivity index (χ4v) is 1.75. The minimum atomic E-state index is -3.57. The van der Waals surface area contributed by atoms with Crippen molar-refractivity contribution in [2.24, 2.45) is 5.10 Å². The number of nitrogens with zero attached hydrogens (tertiary/aromatic N) is 1. The van der Waals surface area contributed by atoms with Gasteiger partial charge in [0, 0.05) is 11.4 Å². The molecule has 0 amide bonds. The summed E-state index contributed by atoms with van der Waals surface area (Å²) < 4.78 is 23.2. The van der Waals surface area contributed by atoms with Crippen LogP contribution >= 0.6 is 0 Å². The van der Waals surface area contributed by atoms with Crippen molar-refractivity contribution in [1.29, 1.82) is 0 Å². The maximum atomic E-state index is 11.6. The van der Waals surface area contributed by atoms with E-state index >= 15 is 0 Å². The lowest BCUT2D eigenvalue weighted by atomic mass is 10.3. The third kappa shape index (κ3) is 3.25. The van der Waals surface area contributed by atoms with Crippen molar-refractivity contribution in [3.05, 3.63) is 24.3 Å². The maximum absolute atomic E-state index is 11.6. The van der Waals surface area contributed by atoms with Crippen LogP contribution in [0.15, 0.2) is 34.3 Å². The summed E-state index contributed by atoms with van der Waals surface area (Å²) >= 11 is 0. The van der Waals surface area contributed by atoms with Gasteiger partial charge in [-0.25, -0.2) is 4.83 Å². The molecular formula is C9H13N3O2S. The van der Waals surface area contributed by atoms with Crippen molar-refractivity contribution in [1.82, 2.24) is 4.83 Å². The van der Waals surface area contributed by atoms with Gasteiger partial charge in [-0.1, -0.05) is 0 Å². The first kappa shape index (κ1) is 11.5. The Bertz CT molecular complexity index is 459. The Morgan fingerprint density at radius 1 is 1.27 bits per heavy atom. The van der Waals surface area contributed by atoms with Crippen LogP contribution in [0.5, 0.6) is 0 Å². The molecule has 0 saturated heterocycles. The predicted molar refractivity (Wildman–Crippen MR) is 60.0 cm³/mol. The van der Waals surface area contributed by atoms with Gasteiger partial charge in [0.2, 0.25) is 0 Å². The zero-order chi connectivity index (χ0) is 11.5. The Hall–Kier alpha value is -1.56. The molecule has 0 spiro atoms. The van der Waals surface area contributed by atoms with Crippen molar-refractivity contribution < 1.29 is 8.42 Å². The second-order valence-corrected chi connectivity index (χ2v) is 4.88. The van der Waals surface area contributed by atoms with Crippen molar-refractivity contribution in [2.75, 3.05) is 5.73 Å². The molecule has 0 aliphatic carbocycles. The fourth-order valence-electron chi connectivity index (χ4n) is 0.851. The van der Waals surface area contributed by atoms with E-state index in [2.05, 4.69) is 9.93 Å². The summed E-state index contributed by atoms with van der Waals surface area (Å²) in [6.45, 7) is 3.40. The van der Waals surface area contributed by atoms with Crippen LogP contribution in [0.3, 0.4) is 0 Å². The van der Waals surface area contributed by atoms with E-state index in [0.29, 0.717) is 11.4 Å². The second-order valence-electron chi connectivity index (χ2n) is 3.22. The van der Waals surface area contributed by atoms with Crippen LogP contribution in [-0.4, -0.2) is 14.1 Å². The van der Waals surface area contributed by atoms with E-state index in [-0.39, 0.29) is 4.90 Å². The molecule has 0 atom stereocenters. The lowest BCUT2D eigenvalue weighted by Gasteiger charge is -2.03. The molecule has 3 N–H and O–H groups in total. The highest BCUT2D eigenvalue weighted by Crippen LogP contribution is 2.11. The van der Waals surface area contributed by atoms with E-state index in [4.69, 9.17) is 5.73 Å². The Morgan fingerprint density at radius 2 is 1.80 bits per heavy atom. The number of hydrazone groups is 1. The predicted octanol–water partition coefficient (Wildman–Crippen LogP) is 0.943. The number of hydrogen-bond acceptors (Lipinski definition) is 4. The Balaban J connectivity index is 2.97. The Kier molecular flexibility index (Phi) is 3.31. The molecule has 1 aromatic carbocycles. The molecule has 1 aromatic rings. The first-order valence-electron chi connectivity index (χ1n) is 4.30. The molecule has 0 fully saturated rings. The van der Waals surface area contributed by atoms with Crippen molar-refractivity contribution in [2.45, 2.75) is 18.7 Å². The minimum absolute atomic E-state index is 0.140. The van der Waals surface area contributed by atoms with Crippen molar-refractivity contribution in [3.63, 3.8) is 0 Å². The van der Waals surface area contributed by atoms with Crippen LogP contribution in [-0.2, 0) is 10.0 Å². The van der Waals surface area contributed by atoms with E-state index in [1.807, 2.05) is 0 Å². The number of rotatable bonds is 3. The highest BCUT2D eigenvalue weighted by Gasteiger charge is 2.11. The number of anilines is 1. The summed E-state index contributed by atoms with van der Waals surface area (Å²) in [4.78, 5) is 2.25. The molecule has 0 bridgehead atoms. The summed E-state index contributed by atoms with van der Waals surface area (Å²) in [6, 6.07) is 5.91. The normalized spacial score (nSPS) is 10.8. The molecular weight excluding hydrogens is 214 g/mol. The Morgan fingerprint density at radius 3 is 2.27 bits per heavy atom. The summed E-state index contributed by atoms with van der Waals surface area (Å²) in [5.74, 6) is 0. The quantitative estimate of drug-likeness (QED) is 0.458. The first-order chi connectivity index (χ1) is 6.92. The number of nitrogens with two attached hydrogens (primary N) is 1. The Labute approximate surface area is 89.0 Å². The van der Waals surface area contributed by atoms with Crippen LogP contribution in [0.2, 0.25) is 0 Å². The van der Waals surface area contributed by atoms with Crippen LogP contribution in [0, 0.1) is 0 Å². The van der Waals surface area contributed by atoms with Crippen LogP contribution < -0.4 is 10.6 Å². The van der Waals surface area contributed by atoms with Gasteiger partial charge in [-0.2, -0.15) is 13.5 Å². The van der Waals surface area contributed by atoms with Gasteiger partial charge >= 0.3 is 0 Å². The molecule has 6 heteroatoms. The van der Waals surface area contributed by atoms with Gasteiger partial charge in [-0.05, 0) is 38.1 Å². The van der Waals surface area contributed by atoms with E-state index in [0.717, 1.165) is 0 Å². The highest BCUT2D eigenvalue weighted by atomic mass is 32.2.